The molecule has 27 heavy (non-hydrogen) atoms. The van der Waals surface area contributed by atoms with Gasteiger partial charge >= 0.3 is 0 Å². The van der Waals surface area contributed by atoms with E-state index in [-0.39, 0.29) is 17.8 Å². The second-order valence-electron chi connectivity index (χ2n) is 6.46. The molecular weight excluding hydrogens is 345 g/mol. The standard InChI is InChI=1S/C21H24FN3O2/c1-2-15-5-7-16(8-6-15)20(26)25-21(23-14-19-4-3-13-27-19)24-18-11-9-17(22)10-12-18/h5-12,19H,2-4,13-14H2,1H3,(H2,23,24,25,26)/t19-/m0/s1. The van der Waals surface area contributed by atoms with Gasteiger partial charge in [-0.05, 0) is 61.2 Å². The van der Waals surface area contributed by atoms with E-state index >= 15 is 0 Å². The van der Waals surface area contributed by atoms with Crippen molar-refractivity contribution >= 4 is 17.6 Å². The lowest BCUT2D eigenvalue weighted by molar-refractivity contribution is 0.0975. The maximum atomic E-state index is 13.1. The molecule has 0 saturated carbocycles. The summed E-state index contributed by atoms with van der Waals surface area (Å²) in [6.07, 6.45) is 2.97. The number of amides is 1. The quantitative estimate of drug-likeness (QED) is 0.623. The average Bonchev–Trinajstić information content (AvgIpc) is 3.21. The van der Waals surface area contributed by atoms with Crippen LogP contribution in [-0.4, -0.2) is 31.1 Å². The van der Waals surface area contributed by atoms with Crippen LogP contribution in [0.5, 0.6) is 0 Å². The molecule has 0 aliphatic carbocycles. The lowest BCUT2D eigenvalue weighted by Gasteiger charge is -2.13. The zero-order valence-corrected chi connectivity index (χ0v) is 15.4. The van der Waals surface area contributed by atoms with Crippen molar-refractivity contribution in [3.05, 3.63) is 65.5 Å². The summed E-state index contributed by atoms with van der Waals surface area (Å²) < 4.78 is 18.7. The number of rotatable bonds is 5. The van der Waals surface area contributed by atoms with Gasteiger partial charge in [-0.15, -0.1) is 0 Å². The Bertz CT molecular complexity index is 782. The minimum Gasteiger partial charge on any atom is -0.376 e. The van der Waals surface area contributed by atoms with E-state index < -0.39 is 0 Å². The second-order valence-corrected chi connectivity index (χ2v) is 6.46. The fraction of sp³-hybridized carbons (Fsp3) is 0.333. The zero-order valence-electron chi connectivity index (χ0n) is 15.4. The number of carbonyl (C=O) groups excluding carboxylic acids is 1. The first kappa shape index (κ1) is 19.0. The Morgan fingerprint density at radius 2 is 1.93 bits per heavy atom. The molecule has 0 aromatic heterocycles. The van der Waals surface area contributed by atoms with E-state index in [0.29, 0.717) is 23.8 Å². The van der Waals surface area contributed by atoms with Crippen LogP contribution < -0.4 is 10.6 Å². The molecule has 142 valence electrons. The molecule has 6 heteroatoms. The minimum absolute atomic E-state index is 0.0655. The molecule has 1 aliphatic heterocycles. The summed E-state index contributed by atoms with van der Waals surface area (Å²) in [6.45, 7) is 3.27. The molecule has 1 fully saturated rings. The summed E-state index contributed by atoms with van der Waals surface area (Å²) in [5.74, 6) is -0.251. The van der Waals surface area contributed by atoms with Crippen LogP contribution in [0.4, 0.5) is 10.1 Å². The largest absolute Gasteiger partial charge is 0.376 e. The summed E-state index contributed by atoms with van der Waals surface area (Å²) >= 11 is 0. The first-order valence-corrected chi connectivity index (χ1v) is 9.23. The highest BCUT2D eigenvalue weighted by molar-refractivity contribution is 6.09. The summed E-state index contributed by atoms with van der Waals surface area (Å²) in [6, 6.07) is 13.4. The number of guanidine groups is 1. The summed E-state index contributed by atoms with van der Waals surface area (Å²) in [5, 5.41) is 5.86. The Hall–Kier alpha value is -2.73. The van der Waals surface area contributed by atoms with Crippen molar-refractivity contribution in [2.24, 2.45) is 4.99 Å². The van der Waals surface area contributed by atoms with Crippen LogP contribution >= 0.6 is 0 Å². The van der Waals surface area contributed by atoms with Gasteiger partial charge in [0.05, 0.1) is 12.6 Å². The minimum atomic E-state index is -0.321. The third-order valence-corrected chi connectivity index (χ3v) is 4.44. The highest BCUT2D eigenvalue weighted by atomic mass is 19.1. The molecule has 0 radical (unpaired) electrons. The summed E-state index contributed by atoms with van der Waals surface area (Å²) in [4.78, 5) is 17.0. The van der Waals surface area contributed by atoms with Gasteiger partial charge in [-0.2, -0.15) is 0 Å². The molecule has 0 unspecified atom stereocenters. The first-order chi connectivity index (χ1) is 13.1. The van der Waals surface area contributed by atoms with Crippen molar-refractivity contribution < 1.29 is 13.9 Å². The number of aryl methyl sites for hydroxylation is 1. The molecule has 5 nitrogen and oxygen atoms in total. The number of ether oxygens (including phenoxy) is 1. The molecule has 1 heterocycles. The molecular formula is C21H24FN3O2. The van der Waals surface area contributed by atoms with Gasteiger partial charge in [0.15, 0.2) is 0 Å². The molecule has 2 N–H and O–H groups in total. The van der Waals surface area contributed by atoms with Gasteiger partial charge in [0.1, 0.15) is 5.82 Å². The monoisotopic (exact) mass is 369 g/mol. The second kappa shape index (κ2) is 9.28. The summed E-state index contributed by atoms with van der Waals surface area (Å²) in [5.41, 5.74) is 2.37. The fourth-order valence-corrected chi connectivity index (χ4v) is 2.83. The number of anilines is 1. The number of carbonyl (C=O) groups is 1. The lowest BCUT2D eigenvalue weighted by atomic mass is 10.1. The molecule has 1 aliphatic rings. The van der Waals surface area contributed by atoms with Crippen LogP contribution in [0, 0.1) is 5.82 Å². The van der Waals surface area contributed by atoms with Gasteiger partial charge in [0.2, 0.25) is 5.96 Å². The van der Waals surface area contributed by atoms with Crippen LogP contribution in [0.15, 0.2) is 53.5 Å². The first-order valence-electron chi connectivity index (χ1n) is 9.23. The average molecular weight is 369 g/mol. The van der Waals surface area contributed by atoms with Gasteiger partial charge in [-0.25, -0.2) is 9.38 Å². The maximum absolute atomic E-state index is 13.1. The van der Waals surface area contributed by atoms with E-state index in [1.807, 2.05) is 12.1 Å². The summed E-state index contributed by atoms with van der Waals surface area (Å²) in [7, 11) is 0. The SMILES string of the molecule is CCc1ccc(C(=O)NC(=NC[C@@H]2CCCO2)Nc2ccc(F)cc2)cc1. The molecule has 3 rings (SSSR count). The Balaban J connectivity index is 1.71. The molecule has 2 aromatic carbocycles. The number of hydrogen-bond acceptors (Lipinski definition) is 3. The van der Waals surface area contributed by atoms with Gasteiger partial charge in [-0.3, -0.25) is 10.1 Å². The molecule has 0 spiro atoms. The van der Waals surface area contributed by atoms with Crippen LogP contribution in [0.1, 0.15) is 35.7 Å². The number of halogens is 1. The van der Waals surface area contributed by atoms with Crippen LogP contribution in [0.2, 0.25) is 0 Å². The molecule has 1 atom stereocenters. The Kier molecular flexibility index (Phi) is 6.54. The lowest BCUT2D eigenvalue weighted by Crippen LogP contribution is -2.36. The number of hydrogen-bond donors (Lipinski definition) is 2. The predicted octanol–water partition coefficient (Wildman–Crippen LogP) is 3.77. The smallest absolute Gasteiger partial charge is 0.257 e. The number of benzene rings is 2. The van der Waals surface area contributed by atoms with E-state index in [4.69, 9.17) is 4.74 Å². The Morgan fingerprint density at radius 3 is 2.56 bits per heavy atom. The highest BCUT2D eigenvalue weighted by Crippen LogP contribution is 2.13. The Labute approximate surface area is 158 Å². The maximum Gasteiger partial charge on any atom is 0.257 e. The number of aliphatic imine (C=N–C) groups is 1. The number of nitrogens with one attached hydrogen (secondary N) is 2. The van der Waals surface area contributed by atoms with Gasteiger partial charge in [0, 0.05) is 17.9 Å². The third kappa shape index (κ3) is 5.62. The predicted molar refractivity (Wildman–Crippen MR) is 105 cm³/mol. The van der Waals surface area contributed by atoms with E-state index in [2.05, 4.69) is 22.5 Å². The van der Waals surface area contributed by atoms with Crippen molar-refractivity contribution in [3.63, 3.8) is 0 Å². The third-order valence-electron chi connectivity index (χ3n) is 4.44. The van der Waals surface area contributed by atoms with E-state index in [1.54, 1.807) is 24.3 Å². The van der Waals surface area contributed by atoms with Crippen molar-refractivity contribution in [3.8, 4) is 0 Å². The van der Waals surface area contributed by atoms with Gasteiger partial charge < -0.3 is 10.1 Å². The highest BCUT2D eigenvalue weighted by Gasteiger charge is 2.16. The fourth-order valence-electron chi connectivity index (χ4n) is 2.83. The molecule has 0 bridgehead atoms. The number of nitrogens with zero attached hydrogens (tertiary/aromatic N) is 1. The van der Waals surface area contributed by atoms with E-state index in [1.165, 1.54) is 17.7 Å². The Morgan fingerprint density at radius 1 is 1.19 bits per heavy atom. The molecule has 2 aromatic rings. The topological polar surface area (TPSA) is 62.7 Å². The van der Waals surface area contributed by atoms with Crippen LogP contribution in [0.3, 0.4) is 0 Å². The van der Waals surface area contributed by atoms with E-state index in [9.17, 15) is 9.18 Å². The van der Waals surface area contributed by atoms with Crippen molar-refractivity contribution in [2.75, 3.05) is 18.5 Å². The van der Waals surface area contributed by atoms with Gasteiger partial charge in [0.25, 0.3) is 5.91 Å². The van der Waals surface area contributed by atoms with Crippen molar-refractivity contribution in [1.29, 1.82) is 0 Å². The van der Waals surface area contributed by atoms with Crippen LogP contribution in [0.25, 0.3) is 0 Å². The molecule has 1 saturated heterocycles. The van der Waals surface area contributed by atoms with Crippen molar-refractivity contribution in [2.45, 2.75) is 32.3 Å². The van der Waals surface area contributed by atoms with E-state index in [0.717, 1.165) is 25.9 Å². The van der Waals surface area contributed by atoms with Crippen molar-refractivity contribution in [1.82, 2.24) is 5.32 Å². The van der Waals surface area contributed by atoms with Crippen LogP contribution in [-0.2, 0) is 11.2 Å². The molecule has 1 amide bonds. The zero-order chi connectivity index (χ0) is 19.1. The normalized spacial score (nSPS) is 17.0. The van der Waals surface area contributed by atoms with Gasteiger partial charge in [-0.1, -0.05) is 19.1 Å².